The van der Waals surface area contributed by atoms with Crippen LogP contribution in [0.15, 0.2) is 0 Å². The maximum Gasteiger partial charge on any atom is 0.219 e. The molecule has 0 bridgehead atoms. The lowest BCUT2D eigenvalue weighted by atomic mass is 9.98. The molecule has 12 heavy (non-hydrogen) atoms. The molecule has 1 rings (SSSR count). The van der Waals surface area contributed by atoms with Gasteiger partial charge in [0.1, 0.15) is 4.11 Å². The Morgan fingerprint density at radius 3 is 2.42 bits per heavy atom. The maximum absolute atomic E-state index is 10.9. The first-order chi connectivity index (χ1) is 5.61. The maximum atomic E-state index is 10.9. The van der Waals surface area contributed by atoms with Crippen molar-refractivity contribution in [3.05, 3.63) is 0 Å². The van der Waals surface area contributed by atoms with Gasteiger partial charge in [0.05, 0.1) is 0 Å². The van der Waals surface area contributed by atoms with Crippen LogP contribution in [0.5, 0.6) is 0 Å². The van der Waals surface area contributed by atoms with E-state index >= 15 is 0 Å². The number of aliphatic hydroxyl groups is 1. The van der Waals surface area contributed by atoms with Crippen molar-refractivity contribution >= 4 is 28.5 Å². The van der Waals surface area contributed by atoms with E-state index in [1.165, 1.54) is 0 Å². The highest BCUT2D eigenvalue weighted by Crippen LogP contribution is 2.23. The molecular formula is C8H14INO2. The van der Waals surface area contributed by atoms with Gasteiger partial charge in [-0.3, -0.25) is 4.79 Å². The third-order valence-electron chi connectivity index (χ3n) is 2.37. The summed E-state index contributed by atoms with van der Waals surface area (Å²) in [5.74, 6) is 0.526. The molecule has 1 unspecified atom stereocenters. The molecule has 1 aliphatic rings. The van der Waals surface area contributed by atoms with E-state index in [1.54, 1.807) is 6.92 Å². The minimum absolute atomic E-state index is 0.149. The second-order valence-electron chi connectivity index (χ2n) is 3.22. The van der Waals surface area contributed by atoms with Crippen LogP contribution in [0.4, 0.5) is 0 Å². The second kappa shape index (κ2) is 4.41. The van der Waals surface area contributed by atoms with Crippen molar-refractivity contribution in [3.63, 3.8) is 0 Å². The number of rotatable bonds is 1. The van der Waals surface area contributed by atoms with Gasteiger partial charge in [-0.2, -0.15) is 0 Å². The number of carbonyl (C=O) groups excluding carboxylic acids is 1. The minimum Gasteiger partial charge on any atom is -0.382 e. The highest BCUT2D eigenvalue weighted by molar-refractivity contribution is 14.1. The molecule has 1 amide bonds. The molecule has 1 N–H and O–H groups in total. The number of amides is 1. The van der Waals surface area contributed by atoms with Crippen LogP contribution in [0.25, 0.3) is 0 Å². The van der Waals surface area contributed by atoms with Crippen LogP contribution in [0.1, 0.15) is 19.8 Å². The molecule has 0 aromatic rings. The van der Waals surface area contributed by atoms with Crippen LogP contribution in [-0.4, -0.2) is 33.1 Å². The average molecular weight is 283 g/mol. The number of nitrogens with zero attached hydrogens (tertiary/aromatic N) is 1. The highest BCUT2D eigenvalue weighted by Gasteiger charge is 2.24. The monoisotopic (exact) mass is 283 g/mol. The van der Waals surface area contributed by atoms with Crippen molar-refractivity contribution in [2.24, 2.45) is 5.92 Å². The van der Waals surface area contributed by atoms with Crippen LogP contribution in [0, 0.1) is 5.92 Å². The number of alkyl halides is 1. The fourth-order valence-electron chi connectivity index (χ4n) is 1.49. The predicted molar refractivity (Wildman–Crippen MR) is 55.0 cm³/mol. The SMILES string of the molecule is CC(=O)N1CCC(C(O)I)CC1. The molecule has 0 aromatic heterocycles. The number of aliphatic hydroxyl groups excluding tert-OH is 1. The largest absolute Gasteiger partial charge is 0.382 e. The molecule has 0 aliphatic carbocycles. The van der Waals surface area contributed by atoms with E-state index in [-0.39, 0.29) is 10.0 Å². The first-order valence-electron chi connectivity index (χ1n) is 4.19. The molecule has 1 aliphatic heterocycles. The average Bonchev–Trinajstić information content (AvgIpc) is 2.04. The summed E-state index contributed by atoms with van der Waals surface area (Å²) in [4.78, 5) is 12.8. The molecular weight excluding hydrogens is 269 g/mol. The minimum atomic E-state index is -0.253. The van der Waals surface area contributed by atoms with E-state index in [0.29, 0.717) is 5.92 Å². The lowest BCUT2D eigenvalue weighted by Gasteiger charge is -2.31. The molecule has 1 heterocycles. The van der Waals surface area contributed by atoms with Crippen molar-refractivity contribution in [1.82, 2.24) is 4.90 Å². The van der Waals surface area contributed by atoms with E-state index in [4.69, 9.17) is 0 Å². The number of carbonyl (C=O) groups is 1. The normalized spacial score (nSPS) is 22.4. The second-order valence-corrected chi connectivity index (χ2v) is 4.49. The summed E-state index contributed by atoms with van der Waals surface area (Å²) < 4.78 is -0.253. The Morgan fingerprint density at radius 2 is 2.08 bits per heavy atom. The Hall–Kier alpha value is 0.160. The number of likely N-dealkylation sites (tertiary alicyclic amines) is 1. The van der Waals surface area contributed by atoms with E-state index in [1.807, 2.05) is 27.5 Å². The number of hydrogen-bond donors (Lipinski definition) is 1. The fourth-order valence-corrected chi connectivity index (χ4v) is 2.21. The summed E-state index contributed by atoms with van der Waals surface area (Å²) in [7, 11) is 0. The predicted octanol–water partition coefficient (Wildman–Crippen LogP) is 0.998. The summed E-state index contributed by atoms with van der Waals surface area (Å²) in [5, 5.41) is 9.29. The van der Waals surface area contributed by atoms with E-state index in [2.05, 4.69) is 0 Å². The summed E-state index contributed by atoms with van der Waals surface area (Å²) in [6.45, 7) is 3.21. The third kappa shape index (κ3) is 2.58. The first kappa shape index (κ1) is 10.2. The van der Waals surface area contributed by atoms with Crippen LogP contribution in [0.2, 0.25) is 0 Å². The molecule has 4 heteroatoms. The van der Waals surface area contributed by atoms with Gasteiger partial charge in [-0.1, -0.05) is 22.6 Å². The Labute approximate surface area is 86.3 Å². The van der Waals surface area contributed by atoms with Gasteiger partial charge < -0.3 is 10.0 Å². The Morgan fingerprint density at radius 1 is 1.58 bits per heavy atom. The quantitative estimate of drug-likeness (QED) is 0.576. The molecule has 0 radical (unpaired) electrons. The molecule has 0 saturated carbocycles. The summed E-state index contributed by atoms with van der Waals surface area (Å²) >= 11 is 2.04. The molecule has 0 spiro atoms. The summed E-state index contributed by atoms with van der Waals surface area (Å²) in [5.41, 5.74) is 0. The van der Waals surface area contributed by atoms with Gasteiger partial charge in [-0.15, -0.1) is 0 Å². The molecule has 1 saturated heterocycles. The molecule has 3 nitrogen and oxygen atoms in total. The number of piperidine rings is 1. The third-order valence-corrected chi connectivity index (χ3v) is 3.39. The zero-order chi connectivity index (χ0) is 9.14. The van der Waals surface area contributed by atoms with Crippen LogP contribution in [-0.2, 0) is 4.79 Å². The highest BCUT2D eigenvalue weighted by atomic mass is 127. The zero-order valence-corrected chi connectivity index (χ0v) is 9.32. The lowest BCUT2D eigenvalue weighted by molar-refractivity contribution is -0.130. The Bertz CT molecular complexity index is 164. The molecule has 1 atom stereocenters. The van der Waals surface area contributed by atoms with Gasteiger partial charge in [0, 0.05) is 20.0 Å². The van der Waals surface area contributed by atoms with Gasteiger partial charge in [0.25, 0.3) is 0 Å². The number of hydrogen-bond acceptors (Lipinski definition) is 2. The topological polar surface area (TPSA) is 40.5 Å². The van der Waals surface area contributed by atoms with Gasteiger partial charge >= 0.3 is 0 Å². The van der Waals surface area contributed by atoms with Crippen LogP contribution < -0.4 is 0 Å². The van der Waals surface area contributed by atoms with Gasteiger partial charge in [-0.25, -0.2) is 0 Å². The van der Waals surface area contributed by atoms with E-state index < -0.39 is 0 Å². The summed E-state index contributed by atoms with van der Waals surface area (Å²) in [6, 6.07) is 0. The standard InChI is InChI=1S/C8H14INO2/c1-6(11)10-4-2-7(3-5-10)8(9)12/h7-8,12H,2-5H2,1H3. The zero-order valence-electron chi connectivity index (χ0n) is 7.16. The number of halogens is 1. The molecule has 0 aromatic carbocycles. The van der Waals surface area contributed by atoms with Crippen molar-refractivity contribution in [2.75, 3.05) is 13.1 Å². The van der Waals surface area contributed by atoms with E-state index in [0.717, 1.165) is 25.9 Å². The lowest BCUT2D eigenvalue weighted by Crippen LogP contribution is -2.38. The fraction of sp³-hybridized carbons (Fsp3) is 0.875. The first-order valence-corrected chi connectivity index (χ1v) is 5.43. The van der Waals surface area contributed by atoms with Gasteiger partial charge in [0.2, 0.25) is 5.91 Å². The van der Waals surface area contributed by atoms with Crippen molar-refractivity contribution in [2.45, 2.75) is 23.9 Å². The van der Waals surface area contributed by atoms with Gasteiger partial charge in [-0.05, 0) is 18.8 Å². The Kier molecular flexibility index (Phi) is 3.77. The summed E-state index contributed by atoms with van der Waals surface area (Å²) in [6.07, 6.45) is 1.87. The van der Waals surface area contributed by atoms with Crippen molar-refractivity contribution in [1.29, 1.82) is 0 Å². The van der Waals surface area contributed by atoms with E-state index in [9.17, 15) is 9.90 Å². The Balaban J connectivity index is 2.34. The smallest absolute Gasteiger partial charge is 0.219 e. The van der Waals surface area contributed by atoms with Crippen LogP contribution >= 0.6 is 22.6 Å². The van der Waals surface area contributed by atoms with Crippen LogP contribution in [0.3, 0.4) is 0 Å². The molecule has 1 fully saturated rings. The van der Waals surface area contributed by atoms with Crippen molar-refractivity contribution < 1.29 is 9.90 Å². The molecule has 70 valence electrons. The van der Waals surface area contributed by atoms with Crippen molar-refractivity contribution in [3.8, 4) is 0 Å². The van der Waals surface area contributed by atoms with Gasteiger partial charge in [0.15, 0.2) is 0 Å².